The van der Waals surface area contributed by atoms with E-state index in [9.17, 15) is 4.79 Å². The molecule has 0 aliphatic rings. The molecule has 1 heterocycles. The van der Waals surface area contributed by atoms with Crippen LogP contribution < -0.4 is 11.1 Å². The second-order valence-electron chi connectivity index (χ2n) is 4.97. The van der Waals surface area contributed by atoms with Crippen molar-refractivity contribution in [3.63, 3.8) is 0 Å². The zero-order chi connectivity index (χ0) is 15.1. The van der Waals surface area contributed by atoms with Gasteiger partial charge in [-0.2, -0.15) is 0 Å². The smallest absolute Gasteiger partial charge is 0.237 e. The van der Waals surface area contributed by atoms with Gasteiger partial charge in [-0.15, -0.1) is 11.3 Å². The van der Waals surface area contributed by atoms with Gasteiger partial charge in [0.2, 0.25) is 5.91 Å². The summed E-state index contributed by atoms with van der Waals surface area (Å²) in [5.41, 5.74) is 7.19. The van der Waals surface area contributed by atoms with Gasteiger partial charge in [-0.25, -0.2) is 4.98 Å². The number of carbonyl (C=O) groups excluding carboxylic acids is 1. The average Bonchev–Trinajstić information content (AvgIpc) is 3.05. The molecule has 1 unspecified atom stereocenters. The van der Waals surface area contributed by atoms with Crippen molar-refractivity contribution in [2.24, 2.45) is 5.73 Å². The standard InChI is InChI=1S/C16H21N3OS/c1-2-14(16-18-10-11-21-16)19-15(20)13(17)9-8-12-6-4-3-5-7-12/h3-7,10-11,13-14H,2,8-9,17H2,1H3,(H,19,20)/t13-,14?/m0/s1. The van der Waals surface area contributed by atoms with Gasteiger partial charge in [0.05, 0.1) is 12.1 Å². The molecule has 1 aromatic carbocycles. The third-order valence-corrected chi connectivity index (χ3v) is 4.29. The van der Waals surface area contributed by atoms with E-state index < -0.39 is 6.04 Å². The molecule has 4 nitrogen and oxygen atoms in total. The Morgan fingerprint density at radius 2 is 2.14 bits per heavy atom. The normalized spacial score (nSPS) is 13.6. The number of aryl methyl sites for hydroxylation is 1. The monoisotopic (exact) mass is 303 g/mol. The Morgan fingerprint density at radius 1 is 1.38 bits per heavy atom. The number of thiazole rings is 1. The van der Waals surface area contributed by atoms with Gasteiger partial charge >= 0.3 is 0 Å². The molecule has 3 N–H and O–H groups in total. The van der Waals surface area contributed by atoms with Crippen molar-refractivity contribution in [2.75, 3.05) is 0 Å². The summed E-state index contributed by atoms with van der Waals surface area (Å²) >= 11 is 1.55. The fraction of sp³-hybridized carbons (Fsp3) is 0.375. The number of benzene rings is 1. The van der Waals surface area contributed by atoms with E-state index in [0.29, 0.717) is 6.42 Å². The van der Waals surface area contributed by atoms with Gasteiger partial charge in [0, 0.05) is 11.6 Å². The van der Waals surface area contributed by atoms with Crippen LogP contribution in [0.5, 0.6) is 0 Å². The predicted molar refractivity (Wildman–Crippen MR) is 86.0 cm³/mol. The van der Waals surface area contributed by atoms with E-state index >= 15 is 0 Å². The van der Waals surface area contributed by atoms with Gasteiger partial charge in [0.25, 0.3) is 0 Å². The summed E-state index contributed by atoms with van der Waals surface area (Å²) < 4.78 is 0. The van der Waals surface area contributed by atoms with E-state index in [1.807, 2.05) is 30.5 Å². The summed E-state index contributed by atoms with van der Waals surface area (Å²) in [5.74, 6) is -0.104. The Balaban J connectivity index is 1.84. The minimum Gasteiger partial charge on any atom is -0.346 e. The molecule has 2 atom stereocenters. The summed E-state index contributed by atoms with van der Waals surface area (Å²) in [6.07, 6.45) is 4.02. The van der Waals surface area contributed by atoms with Crippen LogP contribution in [0.2, 0.25) is 0 Å². The van der Waals surface area contributed by atoms with Crippen LogP contribution in [0.15, 0.2) is 41.9 Å². The molecule has 0 aliphatic carbocycles. The molecule has 1 aromatic heterocycles. The number of nitrogens with zero attached hydrogens (tertiary/aromatic N) is 1. The third kappa shape index (κ3) is 4.65. The molecular formula is C16H21N3OS. The predicted octanol–water partition coefficient (Wildman–Crippen LogP) is 2.67. The minimum absolute atomic E-state index is 0.0414. The zero-order valence-electron chi connectivity index (χ0n) is 12.2. The van der Waals surface area contributed by atoms with Crippen molar-refractivity contribution in [3.8, 4) is 0 Å². The second-order valence-corrected chi connectivity index (χ2v) is 5.90. The van der Waals surface area contributed by atoms with Gasteiger partial charge in [-0.1, -0.05) is 37.3 Å². The lowest BCUT2D eigenvalue weighted by molar-refractivity contribution is -0.123. The van der Waals surface area contributed by atoms with Crippen LogP contribution in [0.1, 0.15) is 36.4 Å². The average molecular weight is 303 g/mol. The minimum atomic E-state index is -0.487. The maximum Gasteiger partial charge on any atom is 0.237 e. The number of carbonyl (C=O) groups is 1. The largest absolute Gasteiger partial charge is 0.346 e. The van der Waals surface area contributed by atoms with Gasteiger partial charge in [-0.05, 0) is 24.8 Å². The van der Waals surface area contributed by atoms with Gasteiger partial charge < -0.3 is 11.1 Å². The molecular weight excluding hydrogens is 282 g/mol. The Morgan fingerprint density at radius 3 is 2.76 bits per heavy atom. The highest BCUT2D eigenvalue weighted by Crippen LogP contribution is 2.18. The van der Waals surface area contributed by atoms with Gasteiger partial charge in [-0.3, -0.25) is 4.79 Å². The number of nitrogens with two attached hydrogens (primary N) is 1. The Kier molecular flexibility index (Phi) is 5.90. The Hall–Kier alpha value is -1.72. The molecule has 0 fully saturated rings. The van der Waals surface area contributed by atoms with Crippen molar-refractivity contribution in [3.05, 3.63) is 52.5 Å². The lowest BCUT2D eigenvalue weighted by Gasteiger charge is -2.18. The van der Waals surface area contributed by atoms with Crippen molar-refractivity contribution in [2.45, 2.75) is 38.3 Å². The van der Waals surface area contributed by atoms with Crippen LogP contribution in [-0.2, 0) is 11.2 Å². The first-order valence-corrected chi connectivity index (χ1v) is 8.08. The Bertz CT molecular complexity index is 542. The van der Waals surface area contributed by atoms with Crippen LogP contribution in [0.4, 0.5) is 0 Å². The summed E-state index contributed by atoms with van der Waals surface area (Å²) in [6, 6.07) is 9.55. The maximum atomic E-state index is 12.2. The van der Waals surface area contributed by atoms with Crippen LogP contribution >= 0.6 is 11.3 Å². The SMILES string of the molecule is CCC(NC(=O)[C@@H](N)CCc1ccccc1)c1nccs1. The number of nitrogens with one attached hydrogen (secondary N) is 1. The third-order valence-electron chi connectivity index (χ3n) is 3.40. The first-order chi connectivity index (χ1) is 10.2. The molecule has 2 rings (SSSR count). The van der Waals surface area contributed by atoms with E-state index in [2.05, 4.69) is 22.4 Å². The molecule has 5 heteroatoms. The summed E-state index contributed by atoms with van der Waals surface area (Å²) in [6.45, 7) is 2.03. The first kappa shape index (κ1) is 15.7. The van der Waals surface area contributed by atoms with Crippen LogP contribution in [0, 0.1) is 0 Å². The van der Waals surface area contributed by atoms with E-state index in [-0.39, 0.29) is 11.9 Å². The number of hydrogen-bond acceptors (Lipinski definition) is 4. The number of aromatic nitrogens is 1. The van der Waals surface area contributed by atoms with Crippen LogP contribution in [0.3, 0.4) is 0 Å². The summed E-state index contributed by atoms with van der Waals surface area (Å²) in [4.78, 5) is 16.4. The molecule has 0 saturated carbocycles. The highest BCUT2D eigenvalue weighted by Gasteiger charge is 2.19. The molecule has 2 aromatic rings. The summed E-state index contributed by atoms with van der Waals surface area (Å²) in [5, 5.41) is 5.84. The molecule has 112 valence electrons. The second kappa shape index (κ2) is 7.90. The van der Waals surface area contributed by atoms with E-state index in [1.54, 1.807) is 17.5 Å². The van der Waals surface area contributed by atoms with E-state index in [0.717, 1.165) is 17.8 Å². The van der Waals surface area contributed by atoms with Crippen molar-refractivity contribution in [1.82, 2.24) is 10.3 Å². The molecule has 0 spiro atoms. The highest BCUT2D eigenvalue weighted by molar-refractivity contribution is 7.09. The molecule has 0 aliphatic heterocycles. The molecule has 21 heavy (non-hydrogen) atoms. The van der Waals surface area contributed by atoms with Crippen LogP contribution in [0.25, 0.3) is 0 Å². The van der Waals surface area contributed by atoms with Crippen molar-refractivity contribution in [1.29, 1.82) is 0 Å². The van der Waals surface area contributed by atoms with Crippen molar-refractivity contribution >= 4 is 17.2 Å². The fourth-order valence-corrected chi connectivity index (χ4v) is 2.89. The highest BCUT2D eigenvalue weighted by atomic mass is 32.1. The Labute approximate surface area is 129 Å². The molecule has 1 amide bonds. The van der Waals surface area contributed by atoms with Crippen LogP contribution in [-0.4, -0.2) is 16.9 Å². The molecule has 0 saturated heterocycles. The van der Waals surface area contributed by atoms with E-state index in [4.69, 9.17) is 5.73 Å². The topological polar surface area (TPSA) is 68.0 Å². The quantitative estimate of drug-likeness (QED) is 0.826. The van der Waals surface area contributed by atoms with E-state index in [1.165, 1.54) is 5.56 Å². The van der Waals surface area contributed by atoms with Gasteiger partial charge in [0.15, 0.2) is 0 Å². The zero-order valence-corrected chi connectivity index (χ0v) is 13.0. The van der Waals surface area contributed by atoms with Crippen molar-refractivity contribution < 1.29 is 4.79 Å². The first-order valence-electron chi connectivity index (χ1n) is 7.20. The number of rotatable bonds is 7. The lowest BCUT2D eigenvalue weighted by Crippen LogP contribution is -2.42. The molecule has 0 radical (unpaired) electrons. The lowest BCUT2D eigenvalue weighted by atomic mass is 10.0. The van der Waals surface area contributed by atoms with Gasteiger partial charge in [0.1, 0.15) is 5.01 Å². The summed E-state index contributed by atoms with van der Waals surface area (Å²) in [7, 11) is 0. The number of amides is 1. The maximum absolute atomic E-state index is 12.2. The number of hydrogen-bond donors (Lipinski definition) is 2. The fourth-order valence-electron chi connectivity index (χ4n) is 2.12. The molecule has 0 bridgehead atoms.